The number of hydrogen-bond acceptors (Lipinski definition) is 8. The van der Waals surface area contributed by atoms with E-state index in [-0.39, 0.29) is 54.9 Å². The molecular formula is C35H58N4O7. The Morgan fingerprint density at radius 2 is 1.72 bits per heavy atom. The van der Waals surface area contributed by atoms with Crippen LogP contribution in [-0.4, -0.2) is 112 Å². The molecule has 2 rings (SSSR count). The Morgan fingerprint density at radius 1 is 1.02 bits per heavy atom. The lowest BCUT2D eigenvalue weighted by Crippen LogP contribution is -2.54. The highest BCUT2D eigenvalue weighted by Crippen LogP contribution is 2.29. The second-order valence-electron chi connectivity index (χ2n) is 12.6. The zero-order chi connectivity index (χ0) is 34.2. The van der Waals surface area contributed by atoms with Gasteiger partial charge in [-0.3, -0.25) is 19.2 Å². The number of likely N-dealkylation sites (N-methyl/N-ethyl adjacent to an activating group) is 1. The van der Waals surface area contributed by atoms with E-state index < -0.39 is 18.1 Å². The quantitative estimate of drug-likeness (QED) is 0.164. The first-order valence-electron chi connectivity index (χ1n) is 16.8. The molecule has 1 aliphatic heterocycles. The van der Waals surface area contributed by atoms with Crippen molar-refractivity contribution in [3.8, 4) is 0 Å². The first-order valence-corrected chi connectivity index (χ1v) is 16.8. The average Bonchev–Trinajstić information content (AvgIpc) is 3.53. The van der Waals surface area contributed by atoms with Gasteiger partial charge in [-0.1, -0.05) is 64.4 Å². The van der Waals surface area contributed by atoms with E-state index in [4.69, 9.17) is 14.2 Å². The van der Waals surface area contributed by atoms with Crippen LogP contribution in [0.2, 0.25) is 0 Å². The fraction of sp³-hybridized carbons (Fsp3) is 0.714. The number of hydrogen-bond donors (Lipinski definition) is 2. The highest BCUT2D eigenvalue weighted by atomic mass is 16.5. The summed E-state index contributed by atoms with van der Waals surface area (Å²) in [5, 5.41) is 5.83. The normalized spacial score (nSPS) is 18.7. The number of benzene rings is 1. The second kappa shape index (κ2) is 20.3. The number of likely N-dealkylation sites (tertiary alicyclic amines) is 1. The van der Waals surface area contributed by atoms with Gasteiger partial charge in [0.1, 0.15) is 6.04 Å². The Hall–Kier alpha value is -3.02. The molecule has 3 amide bonds. The summed E-state index contributed by atoms with van der Waals surface area (Å²) in [5.74, 6) is -1.22. The van der Waals surface area contributed by atoms with Crippen LogP contribution < -0.4 is 10.6 Å². The molecule has 11 nitrogen and oxygen atoms in total. The number of nitrogens with zero attached hydrogens (tertiary/aromatic N) is 2. The number of carbonyl (C=O) groups is 4. The van der Waals surface area contributed by atoms with Gasteiger partial charge < -0.3 is 34.6 Å². The maximum atomic E-state index is 13.7. The minimum atomic E-state index is -0.819. The highest BCUT2D eigenvalue weighted by molar-refractivity contribution is 5.89. The summed E-state index contributed by atoms with van der Waals surface area (Å²) in [4.78, 5) is 56.1. The lowest BCUT2D eigenvalue weighted by atomic mass is 9.90. The van der Waals surface area contributed by atoms with Crippen molar-refractivity contribution in [1.29, 1.82) is 0 Å². The molecule has 46 heavy (non-hydrogen) atoms. The van der Waals surface area contributed by atoms with E-state index in [0.717, 1.165) is 24.8 Å². The van der Waals surface area contributed by atoms with E-state index in [1.54, 1.807) is 28.1 Å². The van der Waals surface area contributed by atoms with Crippen molar-refractivity contribution in [2.75, 3.05) is 48.0 Å². The van der Waals surface area contributed by atoms with Crippen LogP contribution >= 0.6 is 0 Å². The predicted octanol–water partition coefficient (Wildman–Crippen LogP) is 3.20. The third kappa shape index (κ3) is 11.7. The predicted molar refractivity (Wildman–Crippen MR) is 178 cm³/mol. The van der Waals surface area contributed by atoms with Gasteiger partial charge in [0.2, 0.25) is 17.7 Å². The summed E-state index contributed by atoms with van der Waals surface area (Å²) >= 11 is 0. The lowest BCUT2D eigenvalue weighted by molar-refractivity contribution is -0.143. The van der Waals surface area contributed by atoms with E-state index in [2.05, 4.69) is 29.4 Å². The molecule has 1 aliphatic rings. The Labute approximate surface area is 276 Å². The van der Waals surface area contributed by atoms with Crippen molar-refractivity contribution in [3.05, 3.63) is 35.9 Å². The highest BCUT2D eigenvalue weighted by Gasteiger charge is 2.41. The summed E-state index contributed by atoms with van der Waals surface area (Å²) in [6.45, 7) is 8.94. The van der Waals surface area contributed by atoms with Crippen molar-refractivity contribution in [2.24, 2.45) is 11.8 Å². The molecule has 0 aromatic heterocycles. The molecule has 1 saturated heterocycles. The number of methoxy groups -OCH3 is 2. The summed E-state index contributed by atoms with van der Waals surface area (Å²) in [5.41, 5.74) is 0.907. The van der Waals surface area contributed by atoms with E-state index in [1.165, 1.54) is 0 Å². The molecule has 2 N–H and O–H groups in total. The summed E-state index contributed by atoms with van der Waals surface area (Å²) in [7, 11) is 7.26. The van der Waals surface area contributed by atoms with Crippen molar-refractivity contribution >= 4 is 23.7 Å². The SMILES string of the molecule is CCC(=O)OCCCNC(=O)[C@H](Cc1ccccc1)NC(=O)[C@H](C)[C@@H](OC)[C@@H]1CCCN1C(=O)C[C@@H](OC)[C@H]([C@@H](C)CC)N(C)C. The summed E-state index contributed by atoms with van der Waals surface area (Å²) in [6.07, 6.45) is 3.01. The molecule has 1 aromatic rings. The molecule has 1 heterocycles. The van der Waals surface area contributed by atoms with Gasteiger partial charge in [-0.15, -0.1) is 0 Å². The maximum Gasteiger partial charge on any atom is 0.305 e. The molecule has 0 aliphatic carbocycles. The third-order valence-electron chi connectivity index (χ3n) is 9.15. The smallest absolute Gasteiger partial charge is 0.305 e. The van der Waals surface area contributed by atoms with Crippen molar-refractivity contribution < 1.29 is 33.4 Å². The second-order valence-corrected chi connectivity index (χ2v) is 12.6. The number of ether oxygens (including phenoxy) is 3. The van der Waals surface area contributed by atoms with Gasteiger partial charge in [0.05, 0.1) is 37.2 Å². The molecule has 260 valence electrons. The molecule has 0 unspecified atom stereocenters. The minimum absolute atomic E-state index is 0.00916. The zero-order valence-corrected chi connectivity index (χ0v) is 29.3. The van der Waals surface area contributed by atoms with Crippen molar-refractivity contribution in [3.63, 3.8) is 0 Å². The van der Waals surface area contributed by atoms with Gasteiger partial charge in [-0.25, -0.2) is 0 Å². The molecule has 0 saturated carbocycles. The fourth-order valence-corrected chi connectivity index (χ4v) is 6.43. The number of amides is 3. The van der Waals surface area contributed by atoms with Crippen LogP contribution in [0, 0.1) is 11.8 Å². The average molecular weight is 647 g/mol. The third-order valence-corrected chi connectivity index (χ3v) is 9.15. The number of esters is 1. The van der Waals surface area contributed by atoms with Gasteiger partial charge >= 0.3 is 5.97 Å². The van der Waals surface area contributed by atoms with E-state index >= 15 is 0 Å². The number of rotatable bonds is 20. The lowest BCUT2D eigenvalue weighted by Gasteiger charge is -2.38. The van der Waals surface area contributed by atoms with Gasteiger partial charge in [-0.05, 0) is 44.8 Å². The van der Waals surface area contributed by atoms with E-state index in [1.807, 2.05) is 49.3 Å². The van der Waals surface area contributed by atoms with Gasteiger partial charge in [0, 0.05) is 46.2 Å². The molecule has 0 bridgehead atoms. The molecule has 1 fully saturated rings. The monoisotopic (exact) mass is 646 g/mol. The van der Waals surface area contributed by atoms with Crippen LogP contribution in [0.1, 0.15) is 71.8 Å². The van der Waals surface area contributed by atoms with E-state index in [0.29, 0.717) is 38.3 Å². The van der Waals surface area contributed by atoms with Crippen LogP contribution in [0.5, 0.6) is 0 Å². The Morgan fingerprint density at radius 3 is 2.30 bits per heavy atom. The van der Waals surface area contributed by atoms with Gasteiger partial charge in [0.15, 0.2) is 0 Å². The number of carbonyl (C=O) groups excluding carboxylic acids is 4. The van der Waals surface area contributed by atoms with Crippen molar-refractivity contribution in [1.82, 2.24) is 20.4 Å². The van der Waals surface area contributed by atoms with Crippen LogP contribution in [0.3, 0.4) is 0 Å². The first kappa shape index (κ1) is 39.2. The van der Waals surface area contributed by atoms with Crippen LogP contribution in [0.15, 0.2) is 30.3 Å². The van der Waals surface area contributed by atoms with Crippen LogP contribution in [-0.2, 0) is 39.8 Å². The molecular weight excluding hydrogens is 588 g/mol. The summed E-state index contributed by atoms with van der Waals surface area (Å²) < 4.78 is 16.9. The van der Waals surface area contributed by atoms with Gasteiger partial charge in [0.25, 0.3) is 0 Å². The standard InChI is InChI=1S/C35H58N4O7/c1-9-24(3)32(38(5)6)29(44-7)23-30(40)39-20-14-18-28(39)33(45-8)25(4)34(42)37-27(22-26-16-12-11-13-17-26)35(43)36-19-15-21-46-31(41)10-2/h11-13,16-17,24-25,27-29,32-33H,9-10,14-15,18-23H2,1-8H3,(H,36,43)(H,37,42)/t24-,25+,27-,28-,29+,32-,33+/m0/s1. The summed E-state index contributed by atoms with van der Waals surface area (Å²) in [6, 6.07) is 8.49. The molecule has 1 aromatic carbocycles. The van der Waals surface area contributed by atoms with E-state index in [9.17, 15) is 19.2 Å². The van der Waals surface area contributed by atoms with Crippen LogP contribution in [0.4, 0.5) is 0 Å². The topological polar surface area (TPSA) is 127 Å². The molecule has 7 atom stereocenters. The number of nitrogens with one attached hydrogen (secondary N) is 2. The maximum absolute atomic E-state index is 13.7. The molecule has 0 spiro atoms. The largest absolute Gasteiger partial charge is 0.466 e. The molecule has 11 heteroatoms. The first-order chi connectivity index (χ1) is 22.0. The van der Waals surface area contributed by atoms with Crippen molar-refractivity contribution in [2.45, 2.75) is 103 Å². The fourth-order valence-electron chi connectivity index (χ4n) is 6.43. The Bertz CT molecular complexity index is 1090. The minimum Gasteiger partial charge on any atom is -0.466 e. The molecule has 0 radical (unpaired) electrons. The Kier molecular flexibility index (Phi) is 17.3. The zero-order valence-electron chi connectivity index (χ0n) is 29.3. The Balaban J connectivity index is 2.13. The van der Waals surface area contributed by atoms with Crippen LogP contribution in [0.25, 0.3) is 0 Å². The van der Waals surface area contributed by atoms with Gasteiger partial charge in [-0.2, -0.15) is 0 Å².